The Balaban J connectivity index is 1.92. The first kappa shape index (κ1) is 7.53. The summed E-state index contributed by atoms with van der Waals surface area (Å²) in [5, 5.41) is 3.42. The maximum absolute atomic E-state index is 5.45. The lowest BCUT2D eigenvalue weighted by atomic mass is 10.1. The molecule has 2 rings (SSSR count). The Morgan fingerprint density at radius 3 is 2.82 bits per heavy atom. The van der Waals surface area contributed by atoms with Crippen molar-refractivity contribution in [2.45, 2.75) is 24.5 Å². The Labute approximate surface area is 67.1 Å². The molecule has 0 spiro atoms. The van der Waals surface area contributed by atoms with Crippen molar-refractivity contribution in [1.82, 2.24) is 5.32 Å². The van der Waals surface area contributed by atoms with E-state index < -0.39 is 0 Å². The standard InChI is InChI=1S/C8H15NO2/c1-10-8(2-3-8)7-6-11-5-4-9-7/h7,9H,2-6H2,1H3. The Hall–Kier alpha value is -0.120. The van der Waals surface area contributed by atoms with E-state index in [4.69, 9.17) is 9.47 Å². The average Bonchev–Trinajstić information content (AvgIpc) is 2.86. The van der Waals surface area contributed by atoms with E-state index >= 15 is 0 Å². The van der Waals surface area contributed by atoms with Crippen LogP contribution in [0.2, 0.25) is 0 Å². The van der Waals surface area contributed by atoms with E-state index in [1.165, 1.54) is 12.8 Å². The van der Waals surface area contributed by atoms with Crippen molar-refractivity contribution in [3.05, 3.63) is 0 Å². The first-order chi connectivity index (χ1) is 5.37. The quantitative estimate of drug-likeness (QED) is 0.619. The van der Waals surface area contributed by atoms with Gasteiger partial charge in [-0.2, -0.15) is 0 Å². The molecule has 11 heavy (non-hydrogen) atoms. The van der Waals surface area contributed by atoms with Gasteiger partial charge in [-0.05, 0) is 12.8 Å². The van der Waals surface area contributed by atoms with Crippen molar-refractivity contribution in [2.24, 2.45) is 0 Å². The van der Waals surface area contributed by atoms with Gasteiger partial charge in [-0.15, -0.1) is 0 Å². The Morgan fingerprint density at radius 1 is 1.55 bits per heavy atom. The van der Waals surface area contributed by atoms with Crippen LogP contribution in [0.4, 0.5) is 0 Å². The molecule has 3 heteroatoms. The smallest absolute Gasteiger partial charge is 0.0855 e. The van der Waals surface area contributed by atoms with Gasteiger partial charge in [-0.3, -0.25) is 0 Å². The van der Waals surface area contributed by atoms with Gasteiger partial charge in [0, 0.05) is 13.7 Å². The van der Waals surface area contributed by atoms with Gasteiger partial charge in [0.2, 0.25) is 0 Å². The van der Waals surface area contributed by atoms with Crippen molar-refractivity contribution in [3.63, 3.8) is 0 Å². The number of rotatable bonds is 2. The number of methoxy groups -OCH3 is 1. The second-order valence-electron chi connectivity index (χ2n) is 3.35. The maximum Gasteiger partial charge on any atom is 0.0855 e. The van der Waals surface area contributed by atoms with E-state index in [0.29, 0.717) is 6.04 Å². The molecule has 0 aromatic rings. The molecule has 0 bridgehead atoms. The van der Waals surface area contributed by atoms with E-state index in [1.807, 2.05) is 0 Å². The molecule has 2 aliphatic rings. The van der Waals surface area contributed by atoms with Crippen LogP contribution in [0.3, 0.4) is 0 Å². The molecular weight excluding hydrogens is 142 g/mol. The van der Waals surface area contributed by atoms with Gasteiger partial charge in [0.05, 0.1) is 24.9 Å². The Kier molecular flexibility index (Phi) is 1.87. The van der Waals surface area contributed by atoms with Crippen molar-refractivity contribution >= 4 is 0 Å². The van der Waals surface area contributed by atoms with Gasteiger partial charge in [-0.1, -0.05) is 0 Å². The predicted molar refractivity (Wildman–Crippen MR) is 41.6 cm³/mol. The molecule has 1 atom stereocenters. The van der Waals surface area contributed by atoms with Gasteiger partial charge < -0.3 is 14.8 Å². The van der Waals surface area contributed by atoms with Crippen molar-refractivity contribution in [2.75, 3.05) is 26.9 Å². The molecule has 1 heterocycles. The van der Waals surface area contributed by atoms with Crippen LogP contribution in [0.25, 0.3) is 0 Å². The minimum absolute atomic E-state index is 0.125. The van der Waals surface area contributed by atoms with Gasteiger partial charge in [0.1, 0.15) is 0 Å². The lowest BCUT2D eigenvalue weighted by Crippen LogP contribution is -2.50. The zero-order chi connectivity index (χ0) is 7.73. The van der Waals surface area contributed by atoms with E-state index in [-0.39, 0.29) is 5.60 Å². The molecule has 1 aliphatic heterocycles. The van der Waals surface area contributed by atoms with Gasteiger partial charge >= 0.3 is 0 Å². The monoisotopic (exact) mass is 157 g/mol. The molecule has 1 saturated heterocycles. The zero-order valence-electron chi connectivity index (χ0n) is 6.93. The predicted octanol–water partition coefficient (Wildman–Crippen LogP) is 0.154. The number of nitrogens with one attached hydrogen (secondary N) is 1. The van der Waals surface area contributed by atoms with Crippen molar-refractivity contribution < 1.29 is 9.47 Å². The highest BCUT2D eigenvalue weighted by molar-refractivity contribution is 5.05. The van der Waals surface area contributed by atoms with Crippen molar-refractivity contribution in [3.8, 4) is 0 Å². The lowest BCUT2D eigenvalue weighted by molar-refractivity contribution is -0.0174. The molecule has 0 aromatic carbocycles. The van der Waals surface area contributed by atoms with E-state index in [9.17, 15) is 0 Å². The highest BCUT2D eigenvalue weighted by Crippen LogP contribution is 2.42. The molecule has 1 saturated carbocycles. The fourth-order valence-electron chi connectivity index (χ4n) is 1.72. The summed E-state index contributed by atoms with van der Waals surface area (Å²) < 4.78 is 10.8. The summed E-state index contributed by atoms with van der Waals surface area (Å²) in [5.41, 5.74) is 0.125. The number of ether oxygens (including phenoxy) is 2. The summed E-state index contributed by atoms with van der Waals surface area (Å²) in [7, 11) is 1.79. The average molecular weight is 157 g/mol. The summed E-state index contributed by atoms with van der Waals surface area (Å²) in [5.74, 6) is 0. The van der Waals surface area contributed by atoms with Gasteiger partial charge in [-0.25, -0.2) is 0 Å². The summed E-state index contributed by atoms with van der Waals surface area (Å²) in [6.45, 7) is 2.62. The van der Waals surface area contributed by atoms with Crippen LogP contribution in [-0.2, 0) is 9.47 Å². The van der Waals surface area contributed by atoms with E-state index in [2.05, 4.69) is 5.32 Å². The fourth-order valence-corrected chi connectivity index (χ4v) is 1.72. The van der Waals surface area contributed by atoms with Crippen LogP contribution >= 0.6 is 0 Å². The summed E-state index contributed by atoms with van der Waals surface area (Å²) in [6.07, 6.45) is 2.37. The fraction of sp³-hybridized carbons (Fsp3) is 1.00. The van der Waals surface area contributed by atoms with Crippen LogP contribution < -0.4 is 5.32 Å². The second-order valence-corrected chi connectivity index (χ2v) is 3.35. The summed E-state index contributed by atoms with van der Waals surface area (Å²) in [4.78, 5) is 0. The summed E-state index contributed by atoms with van der Waals surface area (Å²) >= 11 is 0. The molecule has 3 nitrogen and oxygen atoms in total. The largest absolute Gasteiger partial charge is 0.378 e. The van der Waals surface area contributed by atoms with Crippen LogP contribution in [0.5, 0.6) is 0 Å². The van der Waals surface area contributed by atoms with Gasteiger partial charge in [0.15, 0.2) is 0 Å². The van der Waals surface area contributed by atoms with Gasteiger partial charge in [0.25, 0.3) is 0 Å². The number of morpholine rings is 1. The first-order valence-corrected chi connectivity index (χ1v) is 4.24. The van der Waals surface area contributed by atoms with E-state index in [0.717, 1.165) is 19.8 Å². The summed E-state index contributed by atoms with van der Waals surface area (Å²) in [6, 6.07) is 0.432. The second kappa shape index (κ2) is 2.73. The SMILES string of the molecule is COC1(C2COCCN2)CC1. The molecule has 0 radical (unpaired) electrons. The minimum atomic E-state index is 0.125. The third-order valence-corrected chi connectivity index (χ3v) is 2.71. The molecule has 64 valence electrons. The van der Waals surface area contributed by atoms with E-state index in [1.54, 1.807) is 7.11 Å². The highest BCUT2D eigenvalue weighted by Gasteiger charge is 2.50. The normalized spacial score (nSPS) is 35.2. The third-order valence-electron chi connectivity index (χ3n) is 2.71. The molecule has 1 unspecified atom stereocenters. The number of hydrogen-bond acceptors (Lipinski definition) is 3. The molecule has 1 aliphatic carbocycles. The topological polar surface area (TPSA) is 30.5 Å². The molecule has 0 amide bonds. The maximum atomic E-state index is 5.45. The molecule has 0 aromatic heterocycles. The van der Waals surface area contributed by atoms with Crippen LogP contribution in [-0.4, -0.2) is 38.5 Å². The third kappa shape index (κ3) is 1.28. The number of hydrogen-bond donors (Lipinski definition) is 1. The van der Waals surface area contributed by atoms with Crippen LogP contribution in [0.1, 0.15) is 12.8 Å². The lowest BCUT2D eigenvalue weighted by Gasteiger charge is -2.30. The van der Waals surface area contributed by atoms with Crippen LogP contribution in [0.15, 0.2) is 0 Å². The molecule has 2 fully saturated rings. The van der Waals surface area contributed by atoms with Crippen LogP contribution in [0, 0.1) is 0 Å². The van der Waals surface area contributed by atoms with Crippen molar-refractivity contribution in [1.29, 1.82) is 0 Å². The first-order valence-electron chi connectivity index (χ1n) is 4.24. The Bertz CT molecular complexity index is 139. The zero-order valence-corrected chi connectivity index (χ0v) is 6.93. The highest BCUT2D eigenvalue weighted by atomic mass is 16.5. The molecule has 1 N–H and O–H groups in total. The molecular formula is C8H15NO2. The Morgan fingerprint density at radius 2 is 2.36 bits per heavy atom. The minimum Gasteiger partial charge on any atom is -0.378 e.